The van der Waals surface area contributed by atoms with Gasteiger partial charge >= 0.3 is 0 Å². The Kier molecular flexibility index (Phi) is 2.52. The molecular formula is C8H17NO2. The molecule has 3 heteroatoms. The third-order valence-corrected chi connectivity index (χ3v) is 2.59. The van der Waals surface area contributed by atoms with Crippen LogP contribution in [-0.2, 0) is 9.47 Å². The van der Waals surface area contributed by atoms with E-state index >= 15 is 0 Å². The van der Waals surface area contributed by atoms with Crippen molar-refractivity contribution >= 4 is 0 Å². The fraction of sp³-hybridized carbons (Fsp3) is 1.00. The van der Waals surface area contributed by atoms with Gasteiger partial charge in [0.1, 0.15) is 0 Å². The monoisotopic (exact) mass is 159 g/mol. The van der Waals surface area contributed by atoms with Gasteiger partial charge in [-0.25, -0.2) is 0 Å². The lowest BCUT2D eigenvalue weighted by molar-refractivity contribution is -0.195. The molecule has 1 fully saturated rings. The SMILES string of the molecule is COC1(OC)CC(C)N(C)C1. The molecule has 1 atom stereocenters. The van der Waals surface area contributed by atoms with Gasteiger partial charge < -0.3 is 9.47 Å². The number of nitrogens with zero attached hydrogens (tertiary/aromatic N) is 1. The maximum absolute atomic E-state index is 5.32. The van der Waals surface area contributed by atoms with Crippen LogP contribution in [0.3, 0.4) is 0 Å². The molecule has 0 aromatic heterocycles. The van der Waals surface area contributed by atoms with Gasteiger partial charge in [0.15, 0.2) is 5.79 Å². The summed E-state index contributed by atoms with van der Waals surface area (Å²) in [5, 5.41) is 0. The summed E-state index contributed by atoms with van der Waals surface area (Å²) in [7, 11) is 5.50. The van der Waals surface area contributed by atoms with Crippen LogP contribution in [0.25, 0.3) is 0 Å². The normalized spacial score (nSPS) is 31.1. The maximum Gasteiger partial charge on any atom is 0.181 e. The number of hydrogen-bond donors (Lipinski definition) is 0. The molecule has 1 unspecified atom stereocenters. The van der Waals surface area contributed by atoms with E-state index in [2.05, 4.69) is 18.9 Å². The Morgan fingerprint density at radius 3 is 2.09 bits per heavy atom. The predicted octanol–water partition coefficient (Wildman–Crippen LogP) is 0.700. The Bertz CT molecular complexity index is 122. The fourth-order valence-corrected chi connectivity index (χ4v) is 1.59. The standard InChI is InChI=1S/C8H17NO2/c1-7-5-8(10-3,11-4)6-9(7)2/h7H,5-6H2,1-4H3. The van der Waals surface area contributed by atoms with Gasteiger partial charge in [0.25, 0.3) is 0 Å². The molecule has 3 nitrogen and oxygen atoms in total. The molecule has 1 aliphatic heterocycles. The molecule has 66 valence electrons. The number of methoxy groups -OCH3 is 2. The Labute approximate surface area is 68.3 Å². The Balaban J connectivity index is 2.61. The van der Waals surface area contributed by atoms with Gasteiger partial charge in [-0.05, 0) is 14.0 Å². The van der Waals surface area contributed by atoms with Crippen molar-refractivity contribution < 1.29 is 9.47 Å². The van der Waals surface area contributed by atoms with Gasteiger partial charge in [-0.15, -0.1) is 0 Å². The average molecular weight is 159 g/mol. The summed E-state index contributed by atoms with van der Waals surface area (Å²) in [6.45, 7) is 3.04. The van der Waals surface area contributed by atoms with Crippen LogP contribution in [0, 0.1) is 0 Å². The van der Waals surface area contributed by atoms with E-state index in [1.807, 2.05) is 0 Å². The van der Waals surface area contributed by atoms with E-state index < -0.39 is 0 Å². The molecule has 0 bridgehead atoms. The van der Waals surface area contributed by atoms with Gasteiger partial charge in [-0.3, -0.25) is 4.90 Å². The lowest BCUT2D eigenvalue weighted by atomic mass is 10.2. The second kappa shape index (κ2) is 3.09. The second-order valence-electron chi connectivity index (χ2n) is 3.29. The zero-order valence-corrected chi connectivity index (χ0v) is 7.76. The minimum Gasteiger partial charge on any atom is -0.352 e. The quantitative estimate of drug-likeness (QED) is 0.554. The fourth-order valence-electron chi connectivity index (χ4n) is 1.59. The van der Waals surface area contributed by atoms with Crippen molar-refractivity contribution in [2.24, 2.45) is 0 Å². The first-order valence-electron chi connectivity index (χ1n) is 3.94. The number of rotatable bonds is 2. The summed E-state index contributed by atoms with van der Waals surface area (Å²) in [4.78, 5) is 2.24. The number of ether oxygens (including phenoxy) is 2. The molecule has 11 heavy (non-hydrogen) atoms. The highest BCUT2D eigenvalue weighted by Gasteiger charge is 2.40. The molecule has 0 saturated carbocycles. The Morgan fingerprint density at radius 2 is 1.91 bits per heavy atom. The van der Waals surface area contributed by atoms with E-state index in [1.165, 1.54) is 0 Å². The van der Waals surface area contributed by atoms with Crippen LogP contribution in [0.4, 0.5) is 0 Å². The first kappa shape index (κ1) is 8.97. The lowest BCUT2D eigenvalue weighted by Gasteiger charge is -2.25. The van der Waals surface area contributed by atoms with Crippen molar-refractivity contribution in [3.63, 3.8) is 0 Å². The van der Waals surface area contributed by atoms with E-state index in [0.29, 0.717) is 6.04 Å². The minimum absolute atomic E-state index is 0.353. The number of likely N-dealkylation sites (tertiary alicyclic amines) is 1. The summed E-state index contributed by atoms with van der Waals surface area (Å²) in [5.74, 6) is -0.353. The number of hydrogen-bond acceptors (Lipinski definition) is 3. The summed E-state index contributed by atoms with van der Waals surface area (Å²) in [6, 6.07) is 0.551. The van der Waals surface area contributed by atoms with E-state index in [4.69, 9.17) is 9.47 Å². The van der Waals surface area contributed by atoms with Gasteiger partial charge in [0.2, 0.25) is 0 Å². The van der Waals surface area contributed by atoms with E-state index in [1.54, 1.807) is 14.2 Å². The molecule has 0 aromatic carbocycles. The van der Waals surface area contributed by atoms with Crippen LogP contribution < -0.4 is 0 Å². The molecule has 0 N–H and O–H groups in total. The molecule has 1 heterocycles. The molecule has 0 aliphatic carbocycles. The number of likely N-dealkylation sites (N-methyl/N-ethyl adjacent to an activating group) is 1. The van der Waals surface area contributed by atoms with Gasteiger partial charge in [0.05, 0.1) is 6.54 Å². The predicted molar refractivity (Wildman–Crippen MR) is 43.5 cm³/mol. The third-order valence-electron chi connectivity index (χ3n) is 2.59. The van der Waals surface area contributed by atoms with Crippen LogP contribution >= 0.6 is 0 Å². The van der Waals surface area contributed by atoms with Gasteiger partial charge in [0, 0.05) is 26.7 Å². The van der Waals surface area contributed by atoms with Crippen molar-refractivity contribution in [2.45, 2.75) is 25.2 Å². The summed E-state index contributed by atoms with van der Waals surface area (Å²) in [5.41, 5.74) is 0. The molecule has 0 spiro atoms. The maximum atomic E-state index is 5.32. The molecule has 0 radical (unpaired) electrons. The summed E-state index contributed by atoms with van der Waals surface area (Å²) < 4.78 is 10.6. The average Bonchev–Trinajstić information content (AvgIpc) is 2.29. The van der Waals surface area contributed by atoms with Crippen LogP contribution in [-0.4, -0.2) is 44.5 Å². The Hall–Kier alpha value is -0.120. The van der Waals surface area contributed by atoms with Crippen LogP contribution in [0.1, 0.15) is 13.3 Å². The Morgan fingerprint density at radius 1 is 1.36 bits per heavy atom. The molecule has 0 aromatic rings. The van der Waals surface area contributed by atoms with Crippen LogP contribution in [0.5, 0.6) is 0 Å². The van der Waals surface area contributed by atoms with Crippen molar-refractivity contribution in [1.29, 1.82) is 0 Å². The largest absolute Gasteiger partial charge is 0.352 e. The molecule has 1 rings (SSSR count). The van der Waals surface area contributed by atoms with Crippen molar-refractivity contribution in [1.82, 2.24) is 4.90 Å². The second-order valence-corrected chi connectivity index (χ2v) is 3.29. The molecule has 0 amide bonds. The van der Waals surface area contributed by atoms with Crippen molar-refractivity contribution in [3.05, 3.63) is 0 Å². The topological polar surface area (TPSA) is 21.7 Å². The van der Waals surface area contributed by atoms with Gasteiger partial charge in [-0.1, -0.05) is 0 Å². The zero-order chi connectivity index (χ0) is 8.48. The van der Waals surface area contributed by atoms with E-state index in [0.717, 1.165) is 13.0 Å². The molecule has 1 aliphatic rings. The first-order valence-corrected chi connectivity index (χ1v) is 3.94. The highest BCUT2D eigenvalue weighted by atomic mass is 16.7. The third kappa shape index (κ3) is 1.55. The van der Waals surface area contributed by atoms with Crippen LogP contribution in [0.15, 0.2) is 0 Å². The van der Waals surface area contributed by atoms with E-state index in [-0.39, 0.29) is 5.79 Å². The highest BCUT2D eigenvalue weighted by Crippen LogP contribution is 2.28. The van der Waals surface area contributed by atoms with Crippen LogP contribution in [0.2, 0.25) is 0 Å². The zero-order valence-electron chi connectivity index (χ0n) is 7.76. The molecular weight excluding hydrogens is 142 g/mol. The summed E-state index contributed by atoms with van der Waals surface area (Å²) >= 11 is 0. The molecule has 1 saturated heterocycles. The van der Waals surface area contributed by atoms with Gasteiger partial charge in [-0.2, -0.15) is 0 Å². The smallest absolute Gasteiger partial charge is 0.181 e. The highest BCUT2D eigenvalue weighted by molar-refractivity contribution is 4.87. The lowest BCUT2D eigenvalue weighted by Crippen LogP contribution is -2.36. The summed E-state index contributed by atoms with van der Waals surface area (Å²) in [6.07, 6.45) is 0.955. The van der Waals surface area contributed by atoms with Crippen molar-refractivity contribution in [2.75, 3.05) is 27.8 Å². The van der Waals surface area contributed by atoms with Crippen molar-refractivity contribution in [3.8, 4) is 0 Å². The minimum atomic E-state index is -0.353. The first-order chi connectivity index (χ1) is 5.13. The van der Waals surface area contributed by atoms with E-state index in [9.17, 15) is 0 Å².